The normalized spacial score (nSPS) is 11.4. The first-order valence-corrected chi connectivity index (χ1v) is 6.13. The van der Waals surface area contributed by atoms with Crippen molar-refractivity contribution >= 4 is 11.4 Å². The fourth-order valence-electron chi connectivity index (χ4n) is 2.03. The van der Waals surface area contributed by atoms with E-state index < -0.39 is 11.7 Å². The van der Waals surface area contributed by atoms with Gasteiger partial charge in [0.05, 0.1) is 5.56 Å². The molecule has 2 aromatic carbocycles. The zero-order chi connectivity index (χ0) is 14.8. The van der Waals surface area contributed by atoms with E-state index in [4.69, 9.17) is 5.73 Å². The third-order valence-corrected chi connectivity index (χ3v) is 3.04. The first-order chi connectivity index (χ1) is 9.38. The van der Waals surface area contributed by atoms with E-state index in [-0.39, 0.29) is 12.1 Å². The minimum absolute atomic E-state index is 0.112. The molecule has 0 atom stereocenters. The molecule has 0 amide bonds. The predicted molar refractivity (Wildman–Crippen MR) is 74.4 cm³/mol. The highest BCUT2D eigenvalue weighted by Gasteiger charge is 2.32. The molecule has 20 heavy (non-hydrogen) atoms. The van der Waals surface area contributed by atoms with Gasteiger partial charge in [0.1, 0.15) is 0 Å². The lowest BCUT2D eigenvalue weighted by molar-refractivity contribution is -0.138. The van der Waals surface area contributed by atoms with Gasteiger partial charge in [0, 0.05) is 17.9 Å². The van der Waals surface area contributed by atoms with Crippen LogP contribution < -0.4 is 11.1 Å². The summed E-state index contributed by atoms with van der Waals surface area (Å²) in [4.78, 5) is 0. The maximum absolute atomic E-state index is 12.9. The van der Waals surface area contributed by atoms with Crippen molar-refractivity contribution in [1.29, 1.82) is 0 Å². The summed E-state index contributed by atoms with van der Waals surface area (Å²) < 4.78 is 38.6. The van der Waals surface area contributed by atoms with E-state index in [0.29, 0.717) is 5.69 Å². The quantitative estimate of drug-likeness (QED) is 0.827. The molecule has 0 fully saturated rings. The summed E-state index contributed by atoms with van der Waals surface area (Å²) in [6.45, 7) is 1.97. The van der Waals surface area contributed by atoms with Crippen LogP contribution in [-0.4, -0.2) is 0 Å². The second kappa shape index (κ2) is 5.45. The number of aryl methyl sites for hydroxylation is 1. The van der Waals surface area contributed by atoms with Crippen molar-refractivity contribution in [2.24, 2.45) is 0 Å². The number of nitrogens with one attached hydrogen (secondary N) is 1. The van der Waals surface area contributed by atoms with E-state index in [1.807, 2.05) is 6.92 Å². The molecule has 0 unspecified atom stereocenters. The number of nitrogens with two attached hydrogens (primary N) is 1. The van der Waals surface area contributed by atoms with Gasteiger partial charge < -0.3 is 11.1 Å². The molecular formula is C15H15F3N2. The lowest BCUT2D eigenvalue weighted by atomic mass is 10.1. The van der Waals surface area contributed by atoms with E-state index in [2.05, 4.69) is 5.32 Å². The molecule has 0 aromatic heterocycles. The van der Waals surface area contributed by atoms with Crippen molar-refractivity contribution in [3.8, 4) is 0 Å². The zero-order valence-electron chi connectivity index (χ0n) is 11.0. The second-order valence-electron chi connectivity index (χ2n) is 4.58. The van der Waals surface area contributed by atoms with Crippen molar-refractivity contribution in [1.82, 2.24) is 0 Å². The van der Waals surface area contributed by atoms with Gasteiger partial charge in [0.25, 0.3) is 0 Å². The maximum atomic E-state index is 12.9. The minimum atomic E-state index is -4.34. The molecule has 0 aliphatic heterocycles. The minimum Gasteiger partial charge on any atom is -0.399 e. The third kappa shape index (κ3) is 3.23. The largest absolute Gasteiger partial charge is 0.416 e. The Morgan fingerprint density at radius 1 is 1.10 bits per heavy atom. The molecule has 2 aromatic rings. The van der Waals surface area contributed by atoms with Crippen LogP contribution in [0.15, 0.2) is 42.5 Å². The molecule has 2 nitrogen and oxygen atoms in total. The Hall–Kier alpha value is -2.17. The van der Waals surface area contributed by atoms with Gasteiger partial charge in [0.15, 0.2) is 0 Å². The molecule has 0 saturated heterocycles. The van der Waals surface area contributed by atoms with E-state index in [9.17, 15) is 13.2 Å². The van der Waals surface area contributed by atoms with Crippen LogP contribution in [0.2, 0.25) is 0 Å². The Morgan fingerprint density at radius 3 is 2.45 bits per heavy atom. The summed E-state index contributed by atoms with van der Waals surface area (Å²) >= 11 is 0. The highest BCUT2D eigenvalue weighted by Crippen LogP contribution is 2.32. The van der Waals surface area contributed by atoms with Gasteiger partial charge in [-0.25, -0.2) is 0 Å². The van der Waals surface area contributed by atoms with E-state index in [1.165, 1.54) is 12.1 Å². The van der Waals surface area contributed by atoms with Crippen molar-refractivity contribution in [3.63, 3.8) is 0 Å². The Bertz CT molecular complexity index is 606. The van der Waals surface area contributed by atoms with Crippen molar-refractivity contribution in [2.75, 3.05) is 11.1 Å². The Labute approximate surface area is 115 Å². The first kappa shape index (κ1) is 14.2. The molecule has 0 saturated carbocycles. The summed E-state index contributed by atoms with van der Waals surface area (Å²) in [6, 6.07) is 10.8. The van der Waals surface area contributed by atoms with Crippen LogP contribution in [0.25, 0.3) is 0 Å². The number of benzene rings is 2. The Balaban J connectivity index is 2.19. The average molecular weight is 280 g/mol. The van der Waals surface area contributed by atoms with Gasteiger partial charge >= 0.3 is 6.18 Å². The van der Waals surface area contributed by atoms with Crippen LogP contribution in [-0.2, 0) is 12.7 Å². The summed E-state index contributed by atoms with van der Waals surface area (Å²) in [7, 11) is 0. The summed E-state index contributed by atoms with van der Waals surface area (Å²) in [5.74, 6) is 0. The number of nitrogen functional groups attached to an aromatic ring is 1. The van der Waals surface area contributed by atoms with E-state index in [0.717, 1.165) is 17.3 Å². The molecule has 0 aliphatic carbocycles. The third-order valence-electron chi connectivity index (χ3n) is 3.04. The van der Waals surface area contributed by atoms with E-state index >= 15 is 0 Å². The maximum Gasteiger partial charge on any atom is 0.416 e. The zero-order valence-corrected chi connectivity index (χ0v) is 11.0. The van der Waals surface area contributed by atoms with Crippen LogP contribution in [0.5, 0.6) is 0 Å². The van der Waals surface area contributed by atoms with Gasteiger partial charge in [-0.15, -0.1) is 0 Å². The fourth-order valence-corrected chi connectivity index (χ4v) is 2.03. The predicted octanol–water partition coefficient (Wildman–Crippen LogP) is 4.21. The number of halogens is 3. The number of rotatable bonds is 3. The van der Waals surface area contributed by atoms with Gasteiger partial charge in [-0.2, -0.15) is 13.2 Å². The summed E-state index contributed by atoms with van der Waals surface area (Å²) in [6.07, 6.45) is -4.34. The molecular weight excluding hydrogens is 265 g/mol. The van der Waals surface area contributed by atoms with Crippen molar-refractivity contribution in [3.05, 3.63) is 59.2 Å². The van der Waals surface area contributed by atoms with Crippen LogP contribution in [0.4, 0.5) is 24.5 Å². The average Bonchev–Trinajstić information content (AvgIpc) is 2.37. The van der Waals surface area contributed by atoms with Crippen molar-refractivity contribution in [2.45, 2.75) is 19.6 Å². The number of alkyl halides is 3. The molecule has 0 radical (unpaired) electrons. The number of hydrogen-bond acceptors (Lipinski definition) is 2. The summed E-state index contributed by atoms with van der Waals surface area (Å²) in [5, 5.41) is 3.01. The monoisotopic (exact) mass is 280 g/mol. The number of anilines is 2. The van der Waals surface area contributed by atoms with Gasteiger partial charge in [-0.05, 0) is 42.3 Å². The Morgan fingerprint density at radius 2 is 1.80 bits per heavy atom. The van der Waals surface area contributed by atoms with E-state index in [1.54, 1.807) is 24.3 Å². The highest BCUT2D eigenvalue weighted by molar-refractivity contribution is 5.57. The highest BCUT2D eigenvalue weighted by atomic mass is 19.4. The van der Waals surface area contributed by atoms with Crippen LogP contribution in [0.1, 0.15) is 16.7 Å². The topological polar surface area (TPSA) is 38.0 Å². The standard InChI is InChI=1S/C15H15F3N2/c1-10-8-12(19)6-7-14(10)20-9-11-4-2-3-5-13(11)15(16,17)18/h2-8,20H,9,19H2,1H3. The van der Waals surface area contributed by atoms with Gasteiger partial charge in [0.2, 0.25) is 0 Å². The molecule has 0 aliphatic rings. The molecule has 106 valence electrons. The second-order valence-corrected chi connectivity index (χ2v) is 4.58. The van der Waals surface area contributed by atoms with Crippen LogP contribution in [0.3, 0.4) is 0 Å². The fraction of sp³-hybridized carbons (Fsp3) is 0.200. The van der Waals surface area contributed by atoms with Gasteiger partial charge in [-0.1, -0.05) is 18.2 Å². The first-order valence-electron chi connectivity index (χ1n) is 6.13. The van der Waals surface area contributed by atoms with Crippen LogP contribution in [0, 0.1) is 6.92 Å². The van der Waals surface area contributed by atoms with Crippen LogP contribution >= 0.6 is 0 Å². The lowest BCUT2D eigenvalue weighted by Crippen LogP contribution is -2.12. The molecule has 0 bridgehead atoms. The number of hydrogen-bond donors (Lipinski definition) is 2. The molecule has 5 heteroatoms. The Kier molecular flexibility index (Phi) is 3.88. The molecule has 2 rings (SSSR count). The smallest absolute Gasteiger partial charge is 0.399 e. The van der Waals surface area contributed by atoms with Crippen molar-refractivity contribution < 1.29 is 13.2 Å². The lowest BCUT2D eigenvalue weighted by Gasteiger charge is -2.15. The van der Waals surface area contributed by atoms with Gasteiger partial charge in [-0.3, -0.25) is 0 Å². The molecule has 0 heterocycles. The summed E-state index contributed by atoms with van der Waals surface area (Å²) in [5.41, 5.74) is 7.55. The SMILES string of the molecule is Cc1cc(N)ccc1NCc1ccccc1C(F)(F)F. The molecule has 3 N–H and O–H groups in total. The molecule has 0 spiro atoms.